The van der Waals surface area contributed by atoms with Crippen LogP contribution in [-0.4, -0.2) is 222 Å². The first-order valence-corrected chi connectivity index (χ1v) is 18.7. The van der Waals surface area contributed by atoms with Gasteiger partial charge in [-0.3, -0.25) is 16.8 Å². The zero-order chi connectivity index (χ0) is 21.8. The van der Waals surface area contributed by atoms with Crippen molar-refractivity contribution in [2.45, 2.75) is 0 Å². The third-order valence-corrected chi connectivity index (χ3v) is 0. The molecule has 0 atom stereocenters. The van der Waals surface area contributed by atoms with Gasteiger partial charge < -0.3 is 18.2 Å². The van der Waals surface area contributed by atoms with E-state index in [4.69, 9.17) is 76.7 Å². The van der Waals surface area contributed by atoms with E-state index < -0.39 is 56.6 Å². The van der Waals surface area contributed by atoms with Crippen LogP contribution in [0.2, 0.25) is 0 Å². The Balaban J connectivity index is -0.0000000306. The summed E-state index contributed by atoms with van der Waals surface area (Å²) in [7, 11) is -10.3. The molecule has 0 radical (unpaired) electrons. The summed E-state index contributed by atoms with van der Waals surface area (Å²) in [6.07, 6.45) is 0. The second-order valence-corrected chi connectivity index (χ2v) is 18.9. The molecule has 0 bridgehead atoms. The molecule has 0 aliphatic rings. The zero-order valence-corrected chi connectivity index (χ0v) is 36.8. The average Bonchev–Trinajstić information content (AvgIpc) is 1.52. The van der Waals surface area contributed by atoms with Crippen molar-refractivity contribution < 1.29 is 76.7 Å². The predicted molar refractivity (Wildman–Crippen MR) is 82.1 cm³/mol. The molecular formula is H12O20S2Te2Tl4. The van der Waals surface area contributed by atoms with Crippen molar-refractivity contribution in [1.29, 1.82) is 0 Å². The van der Waals surface area contributed by atoms with E-state index in [0.717, 1.165) is 0 Å². The maximum Gasteiger partial charge on any atom is 1.00 e. The minimum atomic E-state index is -8.18. The summed E-state index contributed by atoms with van der Waals surface area (Å²) in [6.45, 7) is 0. The van der Waals surface area contributed by atoms with Crippen LogP contribution in [0.4, 0.5) is 0 Å². The Kier molecular flexibility index (Phi) is 26.1. The Morgan fingerprint density at radius 3 is 0.393 bits per heavy atom. The van der Waals surface area contributed by atoms with Crippen LogP contribution in [0.3, 0.4) is 0 Å². The Labute approximate surface area is 238 Å². The van der Waals surface area contributed by atoms with E-state index in [1.165, 1.54) is 0 Å². The zero-order valence-electron chi connectivity index (χ0n) is 12.6. The van der Waals surface area contributed by atoms with Gasteiger partial charge >= 0.3 is 187 Å². The quantitative estimate of drug-likeness (QED) is 0.0609. The van der Waals surface area contributed by atoms with E-state index >= 15 is 0 Å². The third kappa shape index (κ3) is 1300. The summed E-state index contributed by atoms with van der Waals surface area (Å²) < 4.78 is 157. The van der Waals surface area contributed by atoms with E-state index in [1.807, 2.05) is 0 Å². The van der Waals surface area contributed by atoms with Gasteiger partial charge in [0.05, 0.1) is 0 Å². The number of rotatable bonds is 0. The fourth-order valence-electron chi connectivity index (χ4n) is 0. The van der Waals surface area contributed by atoms with Crippen LogP contribution in [0, 0.1) is 0 Å². The molecule has 0 unspecified atom stereocenters. The van der Waals surface area contributed by atoms with Crippen LogP contribution in [0.1, 0.15) is 0 Å². The summed E-state index contributed by atoms with van der Waals surface area (Å²) >= 11 is -16.4. The Morgan fingerprint density at radius 1 is 0.393 bits per heavy atom. The first-order chi connectivity index (χ1) is 8.90. The van der Waals surface area contributed by atoms with Crippen molar-refractivity contribution in [2.75, 3.05) is 0 Å². The summed E-state index contributed by atoms with van der Waals surface area (Å²) in [5.41, 5.74) is 0. The van der Waals surface area contributed by atoms with Crippen molar-refractivity contribution in [3.63, 3.8) is 0 Å². The number of hydrogen-bond donors (Lipinski definition) is 12. The second-order valence-electron chi connectivity index (χ2n) is 3.27. The summed E-state index contributed by atoms with van der Waals surface area (Å²) in [4.78, 5) is 0. The molecule has 0 heterocycles. The predicted octanol–water partition coefficient (Wildman–Crippen LogP) is -11.6. The monoisotopic (exact) mass is 1480 g/mol. The summed E-state index contributed by atoms with van der Waals surface area (Å²) in [6, 6.07) is 0. The van der Waals surface area contributed by atoms with Crippen molar-refractivity contribution in [1.82, 2.24) is 0 Å². The second kappa shape index (κ2) is 13.6. The van der Waals surface area contributed by atoms with Gasteiger partial charge in [-0.2, -0.15) is 0 Å². The van der Waals surface area contributed by atoms with Gasteiger partial charge in [-0.15, -0.1) is 0 Å². The molecule has 0 amide bonds. The van der Waals surface area contributed by atoms with E-state index in [-0.39, 0.29) is 109 Å². The Hall–Kier alpha value is 4.53. The maximum atomic E-state index is 8.52. The van der Waals surface area contributed by atoms with E-state index in [2.05, 4.69) is 0 Å². The Bertz CT molecular complexity index is 500. The van der Waals surface area contributed by atoms with Gasteiger partial charge in [0.15, 0.2) is 0 Å². The first kappa shape index (κ1) is 53.7. The van der Waals surface area contributed by atoms with Crippen molar-refractivity contribution in [2.24, 2.45) is 0 Å². The van der Waals surface area contributed by atoms with Crippen molar-refractivity contribution >= 4 is 166 Å². The molecule has 0 fully saturated rings. The molecule has 168 valence electrons. The van der Waals surface area contributed by atoms with E-state index in [1.54, 1.807) is 0 Å². The number of hydrogen-bond acceptors (Lipinski definition) is 20. The normalized spacial score (nSPS) is 15.7. The van der Waals surface area contributed by atoms with Crippen LogP contribution >= 0.6 is 0 Å². The molecule has 20 nitrogen and oxygen atoms in total. The SMILES string of the molecule is O=S(=O)([O-])[O-].O=S(=O)([O-])[O-].O[Te](O)(O)(O)(O)O.O[Te](O)(O)(O)(O)O.[Tl+].[Tl+].[Tl+].[Tl+]. The molecule has 0 saturated heterocycles. The minimum absolute atomic E-state index is 0. The van der Waals surface area contributed by atoms with Gasteiger partial charge in [-0.1, -0.05) is 0 Å². The molecule has 0 saturated carbocycles. The van der Waals surface area contributed by atoms with Gasteiger partial charge in [-0.05, 0) is 0 Å². The molecule has 0 aliphatic carbocycles. The first-order valence-electron chi connectivity index (χ1n) is 3.52. The van der Waals surface area contributed by atoms with Gasteiger partial charge in [0.2, 0.25) is 0 Å². The van der Waals surface area contributed by atoms with Crippen LogP contribution < -0.4 is 0 Å². The average molecular weight is 1470 g/mol. The third-order valence-electron chi connectivity index (χ3n) is 0. The van der Waals surface area contributed by atoms with E-state index in [0.29, 0.717) is 0 Å². The topological polar surface area (TPSA) is 403 Å². The fraction of sp³-hybridized carbons (Fsp3) is 0. The van der Waals surface area contributed by atoms with Gasteiger partial charge in [0, 0.05) is 20.8 Å². The molecule has 28 heavy (non-hydrogen) atoms. The van der Waals surface area contributed by atoms with Crippen LogP contribution in [0.5, 0.6) is 0 Å². The fourth-order valence-corrected chi connectivity index (χ4v) is 0. The van der Waals surface area contributed by atoms with Crippen LogP contribution in [-0.2, 0) is 20.8 Å². The maximum absolute atomic E-state index is 8.52. The van der Waals surface area contributed by atoms with Gasteiger partial charge in [0.25, 0.3) is 0 Å². The largest absolute Gasteiger partial charge is 1.00 e. The smallest absolute Gasteiger partial charge is 1.00 e. The molecule has 0 spiro atoms. The van der Waals surface area contributed by atoms with Crippen LogP contribution in [0.15, 0.2) is 0 Å². The molecule has 0 aromatic rings. The summed E-state index contributed by atoms with van der Waals surface area (Å²) in [5, 5.41) is 0. The van der Waals surface area contributed by atoms with Crippen molar-refractivity contribution in [3.05, 3.63) is 0 Å². The molecule has 0 aromatic carbocycles. The summed E-state index contributed by atoms with van der Waals surface area (Å²) in [5.74, 6) is 0. The van der Waals surface area contributed by atoms with Gasteiger partial charge in [-0.25, -0.2) is 0 Å². The standard InChI is InChI=1S/2H6O6Te.2H2O4S.4Tl/c2*1-7(2,3,4,5)6;2*1-5(2,3)4;;;;/h2*1-6H;2*(H2,1,2,3,4);;;;/q;;;;4*+1/p-4. The van der Waals surface area contributed by atoms with Gasteiger partial charge in [0.1, 0.15) is 0 Å². The van der Waals surface area contributed by atoms with Crippen molar-refractivity contribution in [3.8, 4) is 0 Å². The molecule has 0 aliphatic heterocycles. The molecule has 12 N–H and O–H groups in total. The molecule has 28 heteroatoms. The van der Waals surface area contributed by atoms with Crippen LogP contribution in [0.25, 0.3) is 0 Å². The molecular weight excluding hydrogens is 1460 g/mol. The molecule has 0 rings (SSSR count). The molecule has 0 aromatic heterocycles. The minimum Gasteiger partial charge on any atom is 1.00 e. The Morgan fingerprint density at radius 2 is 0.393 bits per heavy atom. The van der Waals surface area contributed by atoms with E-state index in [9.17, 15) is 0 Å².